The molecule has 0 unspecified atom stereocenters. The molecule has 9 heteroatoms. The highest BCUT2D eigenvalue weighted by Gasteiger charge is 2.70. The Kier molecular flexibility index (Phi) is 4.45. The maximum absolute atomic E-state index is 14.1. The van der Waals surface area contributed by atoms with Gasteiger partial charge in [-0.05, 0) is 38.0 Å². The number of imide groups is 1. The van der Waals surface area contributed by atoms with E-state index in [0.717, 1.165) is 0 Å². The fourth-order valence-corrected chi connectivity index (χ4v) is 4.96. The number of nitrogens with two attached hydrogens (primary N) is 1. The zero-order valence-electron chi connectivity index (χ0n) is 16.2. The number of hydrogen-bond acceptors (Lipinski definition) is 5. The molecule has 0 saturated carbocycles. The molecule has 1 spiro atoms. The summed E-state index contributed by atoms with van der Waals surface area (Å²) in [6, 6.07) is 2.95. The summed E-state index contributed by atoms with van der Waals surface area (Å²) in [6.07, 6.45) is 0.768. The summed E-state index contributed by atoms with van der Waals surface area (Å²) in [4.78, 5) is 52.3. The van der Waals surface area contributed by atoms with Crippen LogP contribution >= 0.6 is 0 Å². The first kappa shape index (κ1) is 19.5. The molecule has 0 aromatic heterocycles. The number of benzene rings is 1. The van der Waals surface area contributed by atoms with Crippen molar-refractivity contribution in [2.45, 2.75) is 50.7 Å². The molecule has 29 heavy (non-hydrogen) atoms. The number of primary amides is 1. The van der Waals surface area contributed by atoms with E-state index < -0.39 is 47.0 Å². The van der Waals surface area contributed by atoms with Crippen molar-refractivity contribution in [1.82, 2.24) is 10.2 Å². The van der Waals surface area contributed by atoms with Crippen molar-refractivity contribution in [2.24, 2.45) is 17.6 Å². The van der Waals surface area contributed by atoms with Gasteiger partial charge in [0.15, 0.2) is 0 Å². The van der Waals surface area contributed by atoms with Gasteiger partial charge < -0.3 is 11.1 Å². The van der Waals surface area contributed by atoms with Gasteiger partial charge in [-0.25, -0.2) is 4.39 Å². The van der Waals surface area contributed by atoms with Crippen molar-refractivity contribution in [1.29, 1.82) is 0 Å². The van der Waals surface area contributed by atoms with Crippen molar-refractivity contribution in [3.8, 4) is 0 Å². The molecular weight excluding hydrogens is 379 g/mol. The molecule has 4 amide bonds. The minimum Gasteiger partial charge on any atom is -0.370 e. The molecule has 154 valence electrons. The Labute approximate surface area is 167 Å². The largest absolute Gasteiger partial charge is 0.370 e. The van der Waals surface area contributed by atoms with Crippen LogP contribution in [-0.2, 0) is 24.7 Å². The SMILES string of the molecule is CC[C@H](C)N1C(=O)[C@@H]2[C@H](CCC(N)=O)N[C@]3(C(=O)Nc4ccc(F)cc43)[C@@H]2C1=O. The number of rotatable bonds is 5. The van der Waals surface area contributed by atoms with E-state index in [-0.39, 0.29) is 24.8 Å². The van der Waals surface area contributed by atoms with Crippen LogP contribution in [0.3, 0.4) is 0 Å². The average Bonchev–Trinajstić information content (AvgIpc) is 3.25. The van der Waals surface area contributed by atoms with Crippen molar-refractivity contribution >= 4 is 29.3 Å². The van der Waals surface area contributed by atoms with Gasteiger partial charge in [-0.2, -0.15) is 0 Å². The van der Waals surface area contributed by atoms with E-state index >= 15 is 0 Å². The Morgan fingerprint density at radius 1 is 1.31 bits per heavy atom. The van der Waals surface area contributed by atoms with E-state index in [1.807, 2.05) is 6.92 Å². The van der Waals surface area contributed by atoms with Crippen LogP contribution < -0.4 is 16.4 Å². The van der Waals surface area contributed by atoms with Gasteiger partial charge in [0.05, 0.1) is 11.8 Å². The van der Waals surface area contributed by atoms with E-state index in [4.69, 9.17) is 5.73 Å². The smallest absolute Gasteiger partial charge is 0.250 e. The molecule has 8 nitrogen and oxygen atoms in total. The number of nitrogens with one attached hydrogen (secondary N) is 2. The fraction of sp³-hybridized carbons (Fsp3) is 0.500. The standard InChI is InChI=1S/C20H23FN4O4/c1-3-9(2)25-17(27)15-13(6-7-14(22)26)24-20(16(15)18(25)28)11-8-10(21)4-5-12(11)23-19(20)29/h4-5,8-9,13,15-16,24H,3,6-7H2,1-2H3,(H2,22,26)(H,23,29)/t9-,13-,15+,16-,20-/m0/s1. The molecule has 0 radical (unpaired) electrons. The maximum Gasteiger partial charge on any atom is 0.250 e. The van der Waals surface area contributed by atoms with E-state index in [2.05, 4.69) is 10.6 Å². The molecule has 4 rings (SSSR count). The summed E-state index contributed by atoms with van der Waals surface area (Å²) in [5, 5.41) is 5.85. The molecule has 0 aliphatic carbocycles. The maximum atomic E-state index is 14.1. The molecule has 3 aliphatic heterocycles. The van der Waals surface area contributed by atoms with Gasteiger partial charge in [0.2, 0.25) is 23.6 Å². The number of nitrogens with zero attached hydrogens (tertiary/aromatic N) is 1. The van der Waals surface area contributed by atoms with Gasteiger partial charge in [0.25, 0.3) is 0 Å². The van der Waals surface area contributed by atoms with E-state index in [1.54, 1.807) is 6.92 Å². The zero-order chi connectivity index (χ0) is 21.1. The number of hydrogen-bond donors (Lipinski definition) is 3. The van der Waals surface area contributed by atoms with Crippen LogP contribution in [0.25, 0.3) is 0 Å². The van der Waals surface area contributed by atoms with Gasteiger partial charge in [-0.15, -0.1) is 0 Å². The molecule has 2 saturated heterocycles. The number of halogens is 1. The number of carbonyl (C=O) groups is 4. The minimum absolute atomic E-state index is 0.000600. The van der Waals surface area contributed by atoms with Crippen LogP contribution in [-0.4, -0.2) is 40.6 Å². The highest BCUT2D eigenvalue weighted by molar-refractivity contribution is 6.15. The van der Waals surface area contributed by atoms with Gasteiger partial charge in [0.1, 0.15) is 11.4 Å². The molecular formula is C20H23FN4O4. The molecule has 1 aromatic carbocycles. The normalized spacial score (nSPS) is 31.2. The second-order valence-corrected chi connectivity index (χ2v) is 8.02. The van der Waals surface area contributed by atoms with E-state index in [1.165, 1.54) is 23.1 Å². The predicted molar refractivity (Wildman–Crippen MR) is 101 cm³/mol. The van der Waals surface area contributed by atoms with Gasteiger partial charge in [-0.1, -0.05) is 6.92 Å². The summed E-state index contributed by atoms with van der Waals surface area (Å²) in [6.45, 7) is 3.64. The van der Waals surface area contributed by atoms with Gasteiger partial charge in [0, 0.05) is 29.8 Å². The lowest BCUT2D eigenvalue weighted by atomic mass is 9.76. The first-order chi connectivity index (χ1) is 13.7. The Balaban J connectivity index is 1.85. The van der Waals surface area contributed by atoms with Crippen LogP contribution in [0.15, 0.2) is 18.2 Å². The van der Waals surface area contributed by atoms with Gasteiger partial charge in [-0.3, -0.25) is 29.4 Å². The van der Waals surface area contributed by atoms with Crippen LogP contribution in [0.4, 0.5) is 10.1 Å². The van der Waals surface area contributed by atoms with Crippen molar-refractivity contribution in [3.63, 3.8) is 0 Å². The van der Waals surface area contributed by atoms with E-state index in [9.17, 15) is 23.6 Å². The Hall–Kier alpha value is -2.81. The summed E-state index contributed by atoms with van der Waals surface area (Å²) >= 11 is 0. The first-order valence-electron chi connectivity index (χ1n) is 9.76. The Morgan fingerprint density at radius 3 is 2.69 bits per heavy atom. The summed E-state index contributed by atoms with van der Waals surface area (Å²) in [7, 11) is 0. The summed E-state index contributed by atoms with van der Waals surface area (Å²) < 4.78 is 14.1. The average molecular weight is 402 g/mol. The number of anilines is 1. The van der Waals surface area contributed by atoms with E-state index in [0.29, 0.717) is 17.7 Å². The number of carbonyl (C=O) groups excluding carboxylic acids is 4. The fourth-order valence-electron chi connectivity index (χ4n) is 4.96. The third kappa shape index (κ3) is 2.60. The van der Waals surface area contributed by atoms with Crippen LogP contribution in [0.1, 0.15) is 38.7 Å². The second-order valence-electron chi connectivity index (χ2n) is 8.02. The topological polar surface area (TPSA) is 122 Å². The summed E-state index contributed by atoms with van der Waals surface area (Å²) in [5.74, 6) is -4.24. The minimum atomic E-state index is -1.56. The lowest BCUT2D eigenvalue weighted by Crippen LogP contribution is -2.54. The molecule has 3 aliphatic rings. The highest BCUT2D eigenvalue weighted by Crippen LogP contribution is 2.53. The molecule has 2 fully saturated rings. The molecule has 5 atom stereocenters. The van der Waals surface area contributed by atoms with Crippen molar-refractivity contribution < 1.29 is 23.6 Å². The lowest BCUT2D eigenvalue weighted by Gasteiger charge is -2.31. The number of amides is 4. The second kappa shape index (κ2) is 6.62. The lowest BCUT2D eigenvalue weighted by molar-refractivity contribution is -0.145. The monoisotopic (exact) mass is 402 g/mol. The molecule has 4 N–H and O–H groups in total. The van der Waals surface area contributed by atoms with Crippen LogP contribution in [0, 0.1) is 17.7 Å². The van der Waals surface area contributed by atoms with Crippen molar-refractivity contribution in [3.05, 3.63) is 29.6 Å². The molecule has 3 heterocycles. The Bertz CT molecular complexity index is 935. The predicted octanol–water partition coefficient (Wildman–Crippen LogP) is 0.610. The molecule has 0 bridgehead atoms. The van der Waals surface area contributed by atoms with Crippen LogP contribution in [0.2, 0.25) is 0 Å². The van der Waals surface area contributed by atoms with Crippen LogP contribution in [0.5, 0.6) is 0 Å². The first-order valence-corrected chi connectivity index (χ1v) is 9.76. The van der Waals surface area contributed by atoms with Crippen molar-refractivity contribution in [2.75, 3.05) is 5.32 Å². The third-order valence-corrected chi connectivity index (χ3v) is 6.44. The van der Waals surface area contributed by atoms with Gasteiger partial charge >= 0.3 is 0 Å². The number of likely N-dealkylation sites (tertiary alicyclic amines) is 1. The quantitative estimate of drug-likeness (QED) is 0.623. The third-order valence-electron chi connectivity index (χ3n) is 6.44. The number of fused-ring (bicyclic) bond motifs is 4. The zero-order valence-corrected chi connectivity index (χ0v) is 16.2. The highest BCUT2D eigenvalue weighted by atomic mass is 19.1. The molecule has 1 aromatic rings. The summed E-state index contributed by atoms with van der Waals surface area (Å²) in [5.41, 5.74) is 4.44. The Morgan fingerprint density at radius 2 is 2.03 bits per heavy atom.